The van der Waals surface area contributed by atoms with Crippen LogP contribution in [0.2, 0.25) is 31.2 Å². The number of fused-ring (bicyclic) bond motifs is 3. The number of unbranched alkanes of at least 4 members (excludes halogenated alkanes) is 2. The Kier molecular flexibility index (Phi) is 73.1. The molecule has 0 aromatic heterocycles. The van der Waals surface area contributed by atoms with E-state index >= 15 is 0 Å². The zero-order chi connectivity index (χ0) is 67.8. The molecule has 7 rings (SSSR count). The van der Waals surface area contributed by atoms with Gasteiger partial charge in [-0.25, -0.2) is 0 Å². The molecule has 0 radical (unpaired) electrons. The number of hydrogen-bond acceptors (Lipinski definition) is 6. The number of rotatable bonds is 7. The molecule has 0 saturated heterocycles. The normalized spacial score (nSPS) is 10.2. The van der Waals surface area contributed by atoms with Crippen LogP contribution in [0.25, 0.3) is 32.3 Å². The van der Waals surface area contributed by atoms with E-state index in [9.17, 15) is 0 Å². The van der Waals surface area contributed by atoms with Gasteiger partial charge in [0.15, 0.2) is 0 Å². The van der Waals surface area contributed by atoms with Crippen LogP contribution in [-0.4, -0.2) is 128 Å². The molecule has 0 aliphatic rings. The van der Waals surface area contributed by atoms with Crippen molar-refractivity contribution >= 4 is 83.5 Å². The van der Waals surface area contributed by atoms with Gasteiger partial charge in [-0.15, -0.1) is 0 Å². The zero-order valence-corrected chi connectivity index (χ0v) is 71.6. The summed E-state index contributed by atoms with van der Waals surface area (Å²) in [5.74, 6) is 0. The summed E-state index contributed by atoms with van der Waals surface area (Å²) in [5, 5.41) is 7.86. The van der Waals surface area contributed by atoms with Crippen LogP contribution in [0.3, 0.4) is 0 Å². The molecule has 0 saturated carbocycles. The Morgan fingerprint density at radius 1 is 0.256 bits per heavy atom. The van der Waals surface area contributed by atoms with Crippen LogP contribution in [-0.2, 0) is 28.4 Å². The van der Waals surface area contributed by atoms with Crippen LogP contribution in [0, 0.1) is 0 Å². The molecule has 86 heavy (non-hydrogen) atoms. The van der Waals surface area contributed by atoms with Crippen molar-refractivity contribution in [1.82, 2.24) is 0 Å². The minimum atomic E-state index is 0.0417. The van der Waals surface area contributed by atoms with Gasteiger partial charge < -0.3 is 28.4 Å². The highest BCUT2D eigenvalue weighted by atomic mass is 28.2. The van der Waals surface area contributed by atoms with Crippen molar-refractivity contribution in [3.8, 4) is 0 Å². The highest BCUT2D eigenvalue weighted by molar-refractivity contribution is 6.08. The fourth-order valence-electron chi connectivity index (χ4n) is 4.57. The maximum absolute atomic E-state index is 4.94. The summed E-state index contributed by atoms with van der Waals surface area (Å²) in [7, 11) is 17.0. The van der Waals surface area contributed by atoms with Gasteiger partial charge in [0, 0.05) is 80.0 Å². The first-order valence-corrected chi connectivity index (χ1v) is 40.3. The summed E-state index contributed by atoms with van der Waals surface area (Å²) in [4.78, 5) is 0. The molecule has 7 aromatic carbocycles. The molecule has 0 unspecified atom stereocenters. The monoisotopic (exact) mass is 1270 g/mol. The topological polar surface area (TPSA) is 55.4 Å². The van der Waals surface area contributed by atoms with Gasteiger partial charge in [-0.3, -0.25) is 0 Å². The van der Waals surface area contributed by atoms with Crippen LogP contribution >= 0.6 is 0 Å². The molecule has 494 valence electrons. The highest BCUT2D eigenvalue weighted by Gasteiger charge is 2.06. The van der Waals surface area contributed by atoms with Crippen LogP contribution in [0.5, 0.6) is 0 Å². The average molecular weight is 1280 g/mol. The van der Waals surface area contributed by atoms with Gasteiger partial charge in [0.1, 0.15) is 0 Å². The van der Waals surface area contributed by atoms with E-state index in [4.69, 9.17) is 28.4 Å². The Balaban J connectivity index is -0.000000159. The third kappa shape index (κ3) is 82.2. The maximum atomic E-state index is 4.94. The van der Waals surface area contributed by atoms with Gasteiger partial charge in [0.05, 0.1) is 28.0 Å². The summed E-state index contributed by atoms with van der Waals surface area (Å²) in [6, 6.07) is 66.5. The zero-order valence-electron chi connectivity index (χ0n) is 61.6. The quantitative estimate of drug-likeness (QED) is 0.117. The molecule has 0 bridgehead atoms. The molecule has 0 heterocycles. The lowest BCUT2D eigenvalue weighted by atomic mass is 10.1. The van der Waals surface area contributed by atoms with Crippen molar-refractivity contribution in [1.29, 1.82) is 0 Å². The predicted molar refractivity (Wildman–Crippen MR) is 414 cm³/mol. The number of methoxy groups -OCH3 is 6. The van der Waals surface area contributed by atoms with Crippen molar-refractivity contribution in [2.45, 2.75) is 209 Å². The number of ether oxygens (including phenoxy) is 6. The van der Waals surface area contributed by atoms with E-state index in [2.05, 4.69) is 173 Å². The summed E-state index contributed by atoms with van der Waals surface area (Å²) < 4.78 is 29.5. The van der Waals surface area contributed by atoms with E-state index in [0.29, 0.717) is 0 Å². The molecule has 6 nitrogen and oxygen atoms in total. The molecule has 0 spiro atoms. The van der Waals surface area contributed by atoms with Gasteiger partial charge >= 0.3 is 0 Å². The molecular weight excluding hydrogens is 1140 g/mol. The largest absolute Gasteiger partial charge is 0.385 e. The molecular formula is C75H138O6Si5. The number of benzene rings is 7. The lowest BCUT2D eigenvalue weighted by Crippen LogP contribution is -2.15. The molecule has 0 N–H and O–H groups in total. The molecule has 11 heteroatoms. The van der Waals surface area contributed by atoms with Gasteiger partial charge in [-0.05, 0) is 163 Å². The van der Waals surface area contributed by atoms with E-state index in [1.165, 1.54) is 134 Å². The minimum Gasteiger partial charge on any atom is -0.385 e. The summed E-state index contributed by atoms with van der Waals surface area (Å²) >= 11 is 0. The van der Waals surface area contributed by atoms with Gasteiger partial charge in [0.2, 0.25) is 0 Å². The predicted octanol–water partition coefficient (Wildman–Crippen LogP) is 17.1. The fraction of sp³-hybridized carbons (Fsp3) is 0.520. The molecule has 7 aromatic rings. The first-order valence-electron chi connectivity index (χ1n) is 32.0. The molecule has 0 aliphatic heterocycles. The van der Waals surface area contributed by atoms with Crippen molar-refractivity contribution in [2.24, 2.45) is 0 Å². The number of hydrogen-bond donors (Lipinski definition) is 0. The van der Waals surface area contributed by atoms with Crippen molar-refractivity contribution < 1.29 is 28.4 Å². The second-order valence-electron chi connectivity index (χ2n) is 23.8. The highest BCUT2D eigenvalue weighted by Crippen LogP contribution is 2.13. The summed E-state index contributed by atoms with van der Waals surface area (Å²) in [5.41, 5.74) is 0.208. The van der Waals surface area contributed by atoms with Crippen LogP contribution in [0.15, 0.2) is 182 Å². The third-order valence-electron chi connectivity index (χ3n) is 10.9. The smallest absolute Gasteiger partial charge is 0.0594 e. The average Bonchev–Trinajstić information content (AvgIpc) is 3.73. The lowest BCUT2D eigenvalue weighted by molar-refractivity contribution is 0.0394. The van der Waals surface area contributed by atoms with E-state index in [0.717, 1.165) is 6.61 Å². The molecule has 0 aliphatic carbocycles. The Bertz CT molecular complexity index is 1880. The van der Waals surface area contributed by atoms with Crippen molar-refractivity contribution in [3.63, 3.8) is 0 Å². The van der Waals surface area contributed by atoms with Gasteiger partial charge in [0.25, 0.3) is 0 Å². The lowest BCUT2D eigenvalue weighted by Gasteiger charge is -2.14. The third-order valence-corrected chi connectivity index (χ3v) is 13.3. The SMILES string of the molecule is CCCCC[SiH3].CCC[SiH3].COC(C)(C)C.COC(C)(C)C.COC(C)(C)C.COC(C)(C)C.COC(C)(C)C.COCCC[SiH3].C[SiH3].C[SiH3].c1ccc2ccccc2c1.c1ccc2ccccc2c1.c1ccc2ccccc2c1.c1ccccc1. The van der Waals surface area contributed by atoms with Crippen molar-refractivity contribution in [3.05, 3.63) is 182 Å². The van der Waals surface area contributed by atoms with E-state index in [-0.39, 0.29) is 28.0 Å². The second kappa shape index (κ2) is 65.6. The summed E-state index contributed by atoms with van der Waals surface area (Å²) in [6.07, 6.45) is 6.93. The molecule has 0 atom stereocenters. The molecule has 0 fully saturated rings. The van der Waals surface area contributed by atoms with Gasteiger partial charge in [-0.1, -0.05) is 253 Å². The Morgan fingerprint density at radius 3 is 0.477 bits per heavy atom. The molecule has 0 amide bonds. The van der Waals surface area contributed by atoms with E-state index in [1.54, 1.807) is 42.7 Å². The van der Waals surface area contributed by atoms with E-state index in [1.807, 2.05) is 140 Å². The second-order valence-corrected chi connectivity index (χ2v) is 26.8. The van der Waals surface area contributed by atoms with E-state index < -0.39 is 0 Å². The Labute approximate surface area is 548 Å². The first kappa shape index (κ1) is 95.8. The first-order chi connectivity index (χ1) is 40.4. The van der Waals surface area contributed by atoms with Crippen LogP contribution < -0.4 is 0 Å². The van der Waals surface area contributed by atoms with Crippen LogP contribution in [0.4, 0.5) is 0 Å². The minimum absolute atomic E-state index is 0.0417. The van der Waals surface area contributed by atoms with Gasteiger partial charge in [-0.2, -0.15) is 0 Å². The Morgan fingerprint density at radius 2 is 0.407 bits per heavy atom. The van der Waals surface area contributed by atoms with Crippen LogP contribution in [0.1, 0.15) is 150 Å². The summed E-state index contributed by atoms with van der Waals surface area (Å²) in [6.45, 7) is 40.0. The Hall–Kier alpha value is -3.84. The standard InChI is InChI=1S/3C10H8.C6H6.5C5H12O.C5H14Si.C4H12OSi.C3H10Si.2CH6Si/c3*1-2-6-10-8-4-3-7-9(10)5-1;1-2-4-6-5-3-1;5*1-5(2,3)6-4;1-2-3-4-5-6;1-5-3-2-4-6;1-2-3-4;2*1-2/h3*1-8H;1-6H;5*1-4H3;2-5H2,1,6H3;2-4H2,1,6H3;2-3H2,1,4H3;2*1-2H3. The van der Waals surface area contributed by atoms with Crippen molar-refractivity contribution in [2.75, 3.05) is 49.3 Å². The maximum Gasteiger partial charge on any atom is 0.0594 e. The fourth-order valence-corrected chi connectivity index (χ4v) is 5.36.